The second kappa shape index (κ2) is 2.60. The minimum absolute atomic E-state index is 0.0365. The molecule has 10 heavy (non-hydrogen) atoms. The van der Waals surface area contributed by atoms with Gasteiger partial charge in [0, 0.05) is 0 Å². The van der Waals surface area contributed by atoms with Gasteiger partial charge in [-0.05, 0) is 19.3 Å². The number of rotatable bonds is 0. The molecule has 0 aromatic heterocycles. The Bertz CT molecular complexity index is 142. The first-order valence-electron chi connectivity index (χ1n) is 3.81. The number of cyclic esters (lactones) is 1. The Morgan fingerprint density at radius 2 is 2.00 bits per heavy atom. The number of hydrogen-bond acceptors (Lipinski definition) is 2. The fourth-order valence-electron chi connectivity index (χ4n) is 1.26. The van der Waals surface area contributed by atoms with Crippen molar-refractivity contribution in [3.05, 3.63) is 0 Å². The fourth-order valence-corrected chi connectivity index (χ4v) is 1.26. The maximum absolute atomic E-state index is 10.9. The molecule has 1 heterocycles. The van der Waals surface area contributed by atoms with Crippen LogP contribution in [0, 0.1) is 11.8 Å². The van der Waals surface area contributed by atoms with Gasteiger partial charge in [-0.1, -0.05) is 13.8 Å². The van der Waals surface area contributed by atoms with Crippen LogP contribution < -0.4 is 0 Å². The first kappa shape index (κ1) is 7.58. The molecule has 58 valence electrons. The molecule has 1 aliphatic rings. The van der Waals surface area contributed by atoms with Crippen molar-refractivity contribution in [3.8, 4) is 0 Å². The minimum Gasteiger partial charge on any atom is -0.462 e. The van der Waals surface area contributed by atoms with Gasteiger partial charge in [0.1, 0.15) is 6.10 Å². The lowest BCUT2D eigenvalue weighted by Crippen LogP contribution is -2.33. The van der Waals surface area contributed by atoms with Crippen LogP contribution in [0.25, 0.3) is 0 Å². The topological polar surface area (TPSA) is 26.3 Å². The van der Waals surface area contributed by atoms with Crippen LogP contribution in [-0.4, -0.2) is 12.1 Å². The van der Waals surface area contributed by atoms with Crippen LogP contribution in [-0.2, 0) is 9.53 Å². The maximum Gasteiger partial charge on any atom is 0.308 e. The predicted molar refractivity (Wildman–Crippen MR) is 38.5 cm³/mol. The van der Waals surface area contributed by atoms with E-state index < -0.39 is 0 Å². The van der Waals surface area contributed by atoms with Crippen LogP contribution in [0.15, 0.2) is 0 Å². The lowest BCUT2D eigenvalue weighted by atomic mass is 9.91. The molecule has 0 radical (unpaired) electrons. The molecule has 0 spiro atoms. The average Bonchev–Trinajstić information content (AvgIpc) is 1.84. The van der Waals surface area contributed by atoms with Crippen LogP contribution in [0.5, 0.6) is 0 Å². The summed E-state index contributed by atoms with van der Waals surface area (Å²) in [4.78, 5) is 10.9. The third kappa shape index (κ3) is 1.31. The van der Waals surface area contributed by atoms with Crippen LogP contribution in [0.2, 0.25) is 0 Å². The third-order valence-electron chi connectivity index (χ3n) is 2.23. The van der Waals surface area contributed by atoms with Crippen molar-refractivity contribution in [2.24, 2.45) is 11.8 Å². The summed E-state index contributed by atoms with van der Waals surface area (Å²) in [5.74, 6) is 0.587. The summed E-state index contributed by atoms with van der Waals surface area (Å²) in [5, 5.41) is 0. The molecule has 3 atom stereocenters. The van der Waals surface area contributed by atoms with Gasteiger partial charge >= 0.3 is 5.97 Å². The Labute approximate surface area is 61.6 Å². The van der Waals surface area contributed by atoms with Crippen LogP contribution in [0.3, 0.4) is 0 Å². The summed E-state index contributed by atoms with van der Waals surface area (Å²) >= 11 is 0. The van der Waals surface area contributed by atoms with Gasteiger partial charge in [0.05, 0.1) is 5.92 Å². The second-order valence-electron chi connectivity index (χ2n) is 3.26. The van der Waals surface area contributed by atoms with Crippen molar-refractivity contribution in [1.82, 2.24) is 0 Å². The van der Waals surface area contributed by atoms with Gasteiger partial charge in [0.2, 0.25) is 0 Å². The Morgan fingerprint density at radius 3 is 2.50 bits per heavy atom. The van der Waals surface area contributed by atoms with Gasteiger partial charge < -0.3 is 4.74 Å². The summed E-state index contributed by atoms with van der Waals surface area (Å²) in [6.45, 7) is 5.99. The molecule has 0 aliphatic carbocycles. The number of ether oxygens (including phenoxy) is 1. The van der Waals surface area contributed by atoms with E-state index in [1.54, 1.807) is 0 Å². The summed E-state index contributed by atoms with van der Waals surface area (Å²) in [6, 6.07) is 0. The zero-order valence-electron chi connectivity index (χ0n) is 6.76. The zero-order chi connectivity index (χ0) is 7.72. The highest BCUT2D eigenvalue weighted by Gasteiger charge is 2.29. The lowest BCUT2D eigenvalue weighted by Gasteiger charge is -2.29. The lowest BCUT2D eigenvalue weighted by molar-refractivity contribution is -0.162. The van der Waals surface area contributed by atoms with E-state index in [1.807, 2.05) is 13.8 Å². The summed E-state index contributed by atoms with van der Waals surface area (Å²) in [5.41, 5.74) is 0. The molecule has 0 aromatic carbocycles. The van der Waals surface area contributed by atoms with E-state index in [9.17, 15) is 4.79 Å². The van der Waals surface area contributed by atoms with Crippen molar-refractivity contribution in [2.75, 3.05) is 0 Å². The largest absolute Gasteiger partial charge is 0.462 e. The normalized spacial score (nSPS) is 41.1. The number of esters is 1. The highest BCUT2D eigenvalue weighted by molar-refractivity contribution is 5.72. The molecular formula is C8H14O2. The Morgan fingerprint density at radius 1 is 1.40 bits per heavy atom. The molecule has 1 fully saturated rings. The van der Waals surface area contributed by atoms with E-state index in [1.165, 1.54) is 0 Å². The minimum atomic E-state index is -0.0365. The first-order chi connectivity index (χ1) is 4.61. The Balaban J connectivity index is 2.54. The van der Waals surface area contributed by atoms with Gasteiger partial charge in [0.25, 0.3) is 0 Å². The van der Waals surface area contributed by atoms with E-state index in [4.69, 9.17) is 4.74 Å². The molecule has 2 heteroatoms. The predicted octanol–water partition coefficient (Wildman–Crippen LogP) is 1.59. The van der Waals surface area contributed by atoms with Crippen molar-refractivity contribution in [3.63, 3.8) is 0 Å². The molecule has 0 saturated carbocycles. The van der Waals surface area contributed by atoms with E-state index >= 15 is 0 Å². The maximum atomic E-state index is 10.9. The standard InChI is InChI=1S/C8H14O2/c1-5-4-6(2)8(9)10-7(5)3/h5-7H,4H2,1-3H3/t5-,6?,7?/m1/s1. The number of hydrogen-bond donors (Lipinski definition) is 0. The average molecular weight is 142 g/mol. The molecule has 1 aliphatic heterocycles. The van der Waals surface area contributed by atoms with Gasteiger partial charge in [-0.3, -0.25) is 4.79 Å². The van der Waals surface area contributed by atoms with Crippen molar-refractivity contribution in [2.45, 2.75) is 33.3 Å². The summed E-state index contributed by atoms with van der Waals surface area (Å²) < 4.78 is 5.07. The molecule has 1 rings (SSSR count). The SMILES string of the molecule is CC1C[C@@H](C)C(C)OC1=O. The molecule has 0 amide bonds. The van der Waals surface area contributed by atoms with Gasteiger partial charge in [-0.25, -0.2) is 0 Å². The van der Waals surface area contributed by atoms with Crippen LogP contribution in [0.4, 0.5) is 0 Å². The van der Waals surface area contributed by atoms with Crippen LogP contribution >= 0.6 is 0 Å². The molecule has 0 aromatic rings. The van der Waals surface area contributed by atoms with Crippen molar-refractivity contribution in [1.29, 1.82) is 0 Å². The third-order valence-corrected chi connectivity index (χ3v) is 2.23. The summed E-state index contributed by atoms with van der Waals surface area (Å²) in [6.07, 6.45) is 1.09. The molecule has 1 saturated heterocycles. The highest BCUT2D eigenvalue weighted by atomic mass is 16.5. The first-order valence-corrected chi connectivity index (χ1v) is 3.81. The van der Waals surface area contributed by atoms with Crippen LogP contribution in [0.1, 0.15) is 27.2 Å². The van der Waals surface area contributed by atoms with Gasteiger partial charge in [0.15, 0.2) is 0 Å². The molecule has 0 bridgehead atoms. The second-order valence-corrected chi connectivity index (χ2v) is 3.26. The van der Waals surface area contributed by atoms with E-state index in [-0.39, 0.29) is 18.0 Å². The Hall–Kier alpha value is -0.530. The van der Waals surface area contributed by atoms with E-state index in [0.717, 1.165) is 6.42 Å². The number of carbonyl (C=O) groups excluding carboxylic acids is 1. The monoisotopic (exact) mass is 142 g/mol. The Kier molecular flexibility index (Phi) is 1.97. The van der Waals surface area contributed by atoms with Gasteiger partial charge in [-0.15, -0.1) is 0 Å². The van der Waals surface area contributed by atoms with Gasteiger partial charge in [-0.2, -0.15) is 0 Å². The quantitative estimate of drug-likeness (QED) is 0.480. The summed E-state index contributed by atoms with van der Waals surface area (Å²) in [7, 11) is 0. The van der Waals surface area contributed by atoms with Crippen molar-refractivity contribution >= 4 is 5.97 Å². The zero-order valence-corrected chi connectivity index (χ0v) is 6.76. The molecule has 0 N–H and O–H groups in total. The molecular weight excluding hydrogens is 128 g/mol. The smallest absolute Gasteiger partial charge is 0.308 e. The van der Waals surface area contributed by atoms with E-state index in [2.05, 4.69) is 6.92 Å². The highest BCUT2D eigenvalue weighted by Crippen LogP contribution is 2.24. The molecule has 2 unspecified atom stereocenters. The van der Waals surface area contributed by atoms with Crippen molar-refractivity contribution < 1.29 is 9.53 Å². The fraction of sp³-hybridized carbons (Fsp3) is 0.875. The molecule has 2 nitrogen and oxygen atoms in total. The van der Waals surface area contributed by atoms with E-state index in [0.29, 0.717) is 5.92 Å². The number of carbonyl (C=O) groups is 1.